The van der Waals surface area contributed by atoms with Crippen molar-refractivity contribution in [3.8, 4) is 0 Å². The van der Waals surface area contributed by atoms with Crippen LogP contribution in [0.3, 0.4) is 0 Å². The van der Waals surface area contributed by atoms with Crippen molar-refractivity contribution in [1.29, 1.82) is 0 Å². The van der Waals surface area contributed by atoms with Gasteiger partial charge in [0.2, 0.25) is 0 Å². The zero-order chi connectivity index (χ0) is 12.8. The van der Waals surface area contributed by atoms with E-state index in [-0.39, 0.29) is 0 Å². The number of nitrogens with one attached hydrogen (secondary N) is 1. The minimum absolute atomic E-state index is 0.390. The van der Waals surface area contributed by atoms with Crippen LogP contribution in [0.1, 0.15) is 45.4 Å². The van der Waals surface area contributed by atoms with Crippen LogP contribution in [-0.2, 0) is 0 Å². The molecule has 0 radical (unpaired) electrons. The third-order valence-electron chi connectivity index (χ3n) is 4.85. The fraction of sp³-hybridized carbons (Fsp3) is 1.00. The van der Waals surface area contributed by atoms with Gasteiger partial charge in [-0.2, -0.15) is 0 Å². The Hall–Kier alpha value is -0.120. The third kappa shape index (κ3) is 3.94. The summed E-state index contributed by atoms with van der Waals surface area (Å²) >= 11 is 0. The van der Waals surface area contributed by atoms with Gasteiger partial charge in [-0.05, 0) is 70.1 Å². The van der Waals surface area contributed by atoms with Crippen molar-refractivity contribution in [2.24, 2.45) is 11.8 Å². The number of aliphatic hydroxyl groups is 1. The van der Waals surface area contributed by atoms with E-state index < -0.39 is 0 Å². The molecule has 0 amide bonds. The van der Waals surface area contributed by atoms with Gasteiger partial charge in [0.25, 0.3) is 0 Å². The summed E-state index contributed by atoms with van der Waals surface area (Å²) in [5.74, 6) is 1.29. The van der Waals surface area contributed by atoms with Gasteiger partial charge in [0, 0.05) is 12.6 Å². The standard InChI is InChI=1S/C15H30N2O/c1-2-8-17-9-6-15(7-10-17)16-11-13-4-3-5-14(13)12-18/h13-16,18H,2-12H2,1H3. The van der Waals surface area contributed by atoms with Crippen LogP contribution in [0.25, 0.3) is 0 Å². The van der Waals surface area contributed by atoms with Crippen LogP contribution >= 0.6 is 0 Å². The fourth-order valence-electron chi connectivity index (χ4n) is 3.62. The van der Waals surface area contributed by atoms with Crippen LogP contribution in [0.5, 0.6) is 0 Å². The van der Waals surface area contributed by atoms with Crippen LogP contribution in [-0.4, -0.2) is 48.8 Å². The molecule has 1 saturated heterocycles. The molecule has 3 heteroatoms. The molecule has 2 rings (SSSR count). The lowest BCUT2D eigenvalue weighted by Crippen LogP contribution is -2.44. The maximum absolute atomic E-state index is 9.33. The summed E-state index contributed by atoms with van der Waals surface area (Å²) in [6.45, 7) is 7.57. The molecule has 3 nitrogen and oxygen atoms in total. The summed E-state index contributed by atoms with van der Waals surface area (Å²) < 4.78 is 0. The predicted molar refractivity (Wildman–Crippen MR) is 75.7 cm³/mol. The summed E-state index contributed by atoms with van der Waals surface area (Å²) in [6.07, 6.45) is 7.74. The molecule has 1 saturated carbocycles. The normalized spacial score (nSPS) is 31.0. The predicted octanol–water partition coefficient (Wildman–Crippen LogP) is 1.86. The van der Waals surface area contributed by atoms with Crippen molar-refractivity contribution in [2.75, 3.05) is 32.8 Å². The number of nitrogens with zero attached hydrogens (tertiary/aromatic N) is 1. The van der Waals surface area contributed by atoms with Crippen molar-refractivity contribution < 1.29 is 5.11 Å². The van der Waals surface area contributed by atoms with E-state index in [9.17, 15) is 5.11 Å². The summed E-state index contributed by atoms with van der Waals surface area (Å²) in [5, 5.41) is 13.1. The largest absolute Gasteiger partial charge is 0.396 e. The van der Waals surface area contributed by atoms with Gasteiger partial charge >= 0.3 is 0 Å². The second-order valence-corrected chi connectivity index (χ2v) is 6.16. The molecule has 18 heavy (non-hydrogen) atoms. The number of likely N-dealkylation sites (tertiary alicyclic amines) is 1. The first kappa shape index (κ1) is 14.3. The topological polar surface area (TPSA) is 35.5 Å². The van der Waals surface area contributed by atoms with Crippen LogP contribution in [0.4, 0.5) is 0 Å². The zero-order valence-corrected chi connectivity index (χ0v) is 11.9. The minimum Gasteiger partial charge on any atom is -0.396 e. The number of aliphatic hydroxyl groups excluding tert-OH is 1. The lowest BCUT2D eigenvalue weighted by Gasteiger charge is -2.33. The molecular formula is C15H30N2O. The Balaban J connectivity index is 1.63. The van der Waals surface area contributed by atoms with Crippen LogP contribution in [0.2, 0.25) is 0 Å². The van der Waals surface area contributed by atoms with Crippen molar-refractivity contribution in [2.45, 2.75) is 51.5 Å². The average Bonchev–Trinajstić information content (AvgIpc) is 2.86. The molecule has 1 heterocycles. The zero-order valence-electron chi connectivity index (χ0n) is 11.9. The first-order valence-electron chi connectivity index (χ1n) is 7.90. The molecule has 1 aliphatic heterocycles. The highest BCUT2D eigenvalue weighted by Gasteiger charge is 2.27. The molecule has 0 aromatic carbocycles. The highest BCUT2D eigenvalue weighted by molar-refractivity contribution is 4.82. The number of rotatable bonds is 6. The van der Waals surface area contributed by atoms with Gasteiger partial charge in [0.05, 0.1) is 0 Å². The average molecular weight is 254 g/mol. The molecule has 1 aliphatic carbocycles. The molecule has 106 valence electrons. The van der Waals surface area contributed by atoms with Gasteiger partial charge in [-0.1, -0.05) is 13.3 Å². The molecule has 2 unspecified atom stereocenters. The molecule has 0 bridgehead atoms. The van der Waals surface area contributed by atoms with E-state index in [4.69, 9.17) is 0 Å². The Morgan fingerprint density at radius 3 is 2.50 bits per heavy atom. The van der Waals surface area contributed by atoms with Gasteiger partial charge in [-0.25, -0.2) is 0 Å². The van der Waals surface area contributed by atoms with E-state index in [0.717, 1.165) is 18.5 Å². The van der Waals surface area contributed by atoms with E-state index in [1.807, 2.05) is 0 Å². The van der Waals surface area contributed by atoms with E-state index in [0.29, 0.717) is 12.5 Å². The van der Waals surface area contributed by atoms with Crippen molar-refractivity contribution in [1.82, 2.24) is 10.2 Å². The third-order valence-corrected chi connectivity index (χ3v) is 4.85. The van der Waals surface area contributed by atoms with E-state index in [1.54, 1.807) is 0 Å². The SMILES string of the molecule is CCCN1CCC(NCC2CCCC2CO)CC1. The van der Waals surface area contributed by atoms with Gasteiger partial charge in [0.1, 0.15) is 0 Å². The lowest BCUT2D eigenvalue weighted by atomic mass is 9.96. The quantitative estimate of drug-likeness (QED) is 0.759. The summed E-state index contributed by atoms with van der Waals surface area (Å²) in [7, 11) is 0. The molecule has 2 fully saturated rings. The van der Waals surface area contributed by atoms with Crippen molar-refractivity contribution >= 4 is 0 Å². The first-order chi connectivity index (χ1) is 8.83. The molecule has 0 aromatic heterocycles. The highest BCUT2D eigenvalue weighted by Crippen LogP contribution is 2.30. The molecule has 0 spiro atoms. The minimum atomic E-state index is 0.390. The molecular weight excluding hydrogens is 224 g/mol. The van der Waals surface area contributed by atoms with Crippen molar-refractivity contribution in [3.05, 3.63) is 0 Å². The highest BCUT2D eigenvalue weighted by atomic mass is 16.3. The Kier molecular flexibility index (Phi) is 5.93. The van der Waals surface area contributed by atoms with E-state index >= 15 is 0 Å². The molecule has 2 aliphatic rings. The fourth-order valence-corrected chi connectivity index (χ4v) is 3.62. The van der Waals surface area contributed by atoms with Crippen LogP contribution in [0.15, 0.2) is 0 Å². The van der Waals surface area contributed by atoms with Gasteiger partial charge < -0.3 is 15.3 Å². The maximum atomic E-state index is 9.33. The Morgan fingerprint density at radius 2 is 1.83 bits per heavy atom. The van der Waals surface area contributed by atoms with Gasteiger partial charge in [-0.3, -0.25) is 0 Å². The lowest BCUT2D eigenvalue weighted by molar-refractivity contribution is 0.173. The smallest absolute Gasteiger partial charge is 0.0462 e. The Labute approximate surface area is 112 Å². The van der Waals surface area contributed by atoms with E-state index in [2.05, 4.69) is 17.1 Å². The maximum Gasteiger partial charge on any atom is 0.0462 e. The van der Waals surface area contributed by atoms with Gasteiger partial charge in [-0.15, -0.1) is 0 Å². The first-order valence-corrected chi connectivity index (χ1v) is 7.90. The van der Waals surface area contributed by atoms with E-state index in [1.165, 1.54) is 58.2 Å². The van der Waals surface area contributed by atoms with Crippen molar-refractivity contribution in [3.63, 3.8) is 0 Å². The monoisotopic (exact) mass is 254 g/mol. The molecule has 0 aromatic rings. The van der Waals surface area contributed by atoms with Gasteiger partial charge in [0.15, 0.2) is 0 Å². The van der Waals surface area contributed by atoms with Crippen LogP contribution in [0, 0.1) is 11.8 Å². The summed E-state index contributed by atoms with van der Waals surface area (Å²) in [6, 6.07) is 0.720. The Bertz CT molecular complexity index is 227. The summed E-state index contributed by atoms with van der Waals surface area (Å²) in [4.78, 5) is 2.59. The molecule has 2 N–H and O–H groups in total. The molecule has 2 atom stereocenters. The van der Waals surface area contributed by atoms with Crippen LogP contribution < -0.4 is 5.32 Å². The summed E-state index contributed by atoms with van der Waals surface area (Å²) in [5.41, 5.74) is 0. The number of hydrogen-bond donors (Lipinski definition) is 2. The number of piperidine rings is 1. The Morgan fingerprint density at radius 1 is 1.11 bits per heavy atom. The second-order valence-electron chi connectivity index (χ2n) is 6.16. The number of hydrogen-bond acceptors (Lipinski definition) is 3. The second kappa shape index (κ2) is 7.46.